The number of aromatic nitrogens is 5. The zero-order valence-corrected chi connectivity index (χ0v) is 16.0. The van der Waals surface area contributed by atoms with Crippen molar-refractivity contribution >= 4 is 11.7 Å². The Morgan fingerprint density at radius 1 is 1.00 bits per heavy atom. The molecule has 0 fully saturated rings. The Kier molecular flexibility index (Phi) is 5.33. The summed E-state index contributed by atoms with van der Waals surface area (Å²) in [5.41, 5.74) is 2.56. The van der Waals surface area contributed by atoms with Crippen LogP contribution in [-0.2, 0) is 0 Å². The summed E-state index contributed by atoms with van der Waals surface area (Å²) >= 11 is 0. The first kappa shape index (κ1) is 18.4. The quantitative estimate of drug-likeness (QED) is 0.476. The van der Waals surface area contributed by atoms with E-state index < -0.39 is 0 Å². The molecule has 0 saturated carbocycles. The third-order valence-corrected chi connectivity index (χ3v) is 4.36. The van der Waals surface area contributed by atoms with Gasteiger partial charge in [0.2, 0.25) is 0 Å². The van der Waals surface area contributed by atoms with Crippen LogP contribution in [0.4, 0.5) is 5.82 Å². The van der Waals surface area contributed by atoms with Crippen molar-refractivity contribution in [1.29, 1.82) is 0 Å². The zero-order valence-electron chi connectivity index (χ0n) is 16.0. The second kappa shape index (κ2) is 8.39. The molecule has 3 aromatic heterocycles. The minimum atomic E-state index is -0.110. The van der Waals surface area contributed by atoms with Crippen LogP contribution in [-0.4, -0.2) is 43.3 Å². The van der Waals surface area contributed by atoms with Crippen LogP contribution in [0.2, 0.25) is 0 Å². The first-order chi connectivity index (χ1) is 14.2. The molecule has 8 nitrogen and oxygen atoms in total. The molecule has 0 spiro atoms. The van der Waals surface area contributed by atoms with Gasteiger partial charge in [0.1, 0.15) is 12.1 Å². The molecule has 0 aliphatic heterocycles. The molecule has 4 aromatic rings. The maximum absolute atomic E-state index is 12.3. The van der Waals surface area contributed by atoms with Crippen LogP contribution in [0.25, 0.3) is 11.5 Å². The van der Waals surface area contributed by atoms with E-state index in [0.29, 0.717) is 30.3 Å². The van der Waals surface area contributed by atoms with E-state index in [9.17, 15) is 4.79 Å². The van der Waals surface area contributed by atoms with Gasteiger partial charge in [-0.3, -0.25) is 4.79 Å². The lowest BCUT2D eigenvalue weighted by molar-refractivity contribution is 0.0955. The van der Waals surface area contributed by atoms with Gasteiger partial charge in [-0.05, 0) is 49.4 Å². The Hall–Kier alpha value is -3.94. The van der Waals surface area contributed by atoms with Crippen molar-refractivity contribution in [2.24, 2.45) is 0 Å². The number of amides is 1. The molecule has 0 aliphatic carbocycles. The van der Waals surface area contributed by atoms with Crippen molar-refractivity contribution < 1.29 is 4.79 Å². The number of carbonyl (C=O) groups excluding carboxylic acids is 1. The summed E-state index contributed by atoms with van der Waals surface area (Å²) < 4.78 is 3.69. The van der Waals surface area contributed by atoms with Gasteiger partial charge in [0.05, 0.1) is 5.69 Å². The fourth-order valence-corrected chi connectivity index (χ4v) is 2.87. The van der Waals surface area contributed by atoms with Gasteiger partial charge in [-0.25, -0.2) is 14.6 Å². The van der Waals surface area contributed by atoms with Crippen LogP contribution < -0.4 is 10.6 Å². The fraction of sp³-hybridized carbons (Fsp3) is 0.143. The van der Waals surface area contributed by atoms with Gasteiger partial charge in [0, 0.05) is 49.0 Å². The highest BCUT2D eigenvalue weighted by atomic mass is 16.1. The predicted octanol–water partition coefficient (Wildman–Crippen LogP) is 2.60. The molecule has 0 radical (unpaired) electrons. The standard InChI is InChI=1S/C21H21N7O/c1-16-8-13-28(26-16)20-14-19(24-15-25-20)22-9-10-23-21(29)17-4-6-18(7-5-17)27-11-2-3-12-27/h2-8,11-15H,9-10H2,1H3,(H,23,29)(H,22,24,25). The minimum absolute atomic E-state index is 0.110. The maximum Gasteiger partial charge on any atom is 0.251 e. The molecule has 0 aliphatic rings. The molecule has 3 heterocycles. The normalized spacial score (nSPS) is 10.7. The van der Waals surface area contributed by atoms with Crippen molar-refractivity contribution in [3.8, 4) is 11.5 Å². The summed E-state index contributed by atoms with van der Waals surface area (Å²) in [6.45, 7) is 2.94. The summed E-state index contributed by atoms with van der Waals surface area (Å²) in [7, 11) is 0. The molecule has 0 unspecified atom stereocenters. The molecule has 1 amide bonds. The van der Waals surface area contributed by atoms with Crippen molar-refractivity contribution in [2.45, 2.75) is 6.92 Å². The van der Waals surface area contributed by atoms with Gasteiger partial charge >= 0.3 is 0 Å². The van der Waals surface area contributed by atoms with Crippen LogP contribution in [0.15, 0.2) is 73.4 Å². The van der Waals surface area contributed by atoms with Crippen molar-refractivity contribution in [3.05, 3.63) is 84.7 Å². The van der Waals surface area contributed by atoms with Crippen LogP contribution in [0.3, 0.4) is 0 Å². The third-order valence-electron chi connectivity index (χ3n) is 4.36. The summed E-state index contributed by atoms with van der Waals surface area (Å²) in [5.74, 6) is 1.25. The van der Waals surface area contributed by atoms with E-state index in [1.807, 2.05) is 78.6 Å². The van der Waals surface area contributed by atoms with Crippen molar-refractivity contribution in [1.82, 2.24) is 29.6 Å². The monoisotopic (exact) mass is 387 g/mol. The molecule has 2 N–H and O–H groups in total. The first-order valence-electron chi connectivity index (χ1n) is 9.29. The van der Waals surface area contributed by atoms with Gasteiger partial charge < -0.3 is 15.2 Å². The topological polar surface area (TPSA) is 89.7 Å². The van der Waals surface area contributed by atoms with E-state index in [4.69, 9.17) is 0 Å². The Labute approximate surface area is 168 Å². The minimum Gasteiger partial charge on any atom is -0.368 e. The van der Waals surface area contributed by atoms with Gasteiger partial charge in [-0.15, -0.1) is 0 Å². The number of carbonyl (C=O) groups is 1. The summed E-state index contributed by atoms with van der Waals surface area (Å²) in [6.07, 6.45) is 7.27. The molecule has 4 rings (SSSR count). The first-order valence-corrected chi connectivity index (χ1v) is 9.29. The average Bonchev–Trinajstić information content (AvgIpc) is 3.43. The molecule has 1 aromatic carbocycles. The molecule has 8 heteroatoms. The molecule has 146 valence electrons. The highest BCUT2D eigenvalue weighted by molar-refractivity contribution is 5.94. The van der Waals surface area contributed by atoms with E-state index in [2.05, 4.69) is 25.7 Å². The molecule has 0 bridgehead atoms. The summed E-state index contributed by atoms with van der Waals surface area (Å²) in [6, 6.07) is 15.1. The molecular weight excluding hydrogens is 366 g/mol. The van der Waals surface area contributed by atoms with Crippen LogP contribution in [0, 0.1) is 6.92 Å². The number of aryl methyl sites for hydroxylation is 1. The SMILES string of the molecule is Cc1ccn(-c2cc(NCCNC(=O)c3ccc(-n4cccc4)cc3)ncn2)n1. The average molecular weight is 387 g/mol. The van der Waals surface area contributed by atoms with Gasteiger partial charge in [0.25, 0.3) is 5.91 Å². The highest BCUT2D eigenvalue weighted by Crippen LogP contribution is 2.10. The largest absolute Gasteiger partial charge is 0.368 e. The molecular formula is C21H21N7O. The molecule has 0 atom stereocenters. The van der Waals surface area contributed by atoms with E-state index in [1.165, 1.54) is 6.33 Å². The number of hydrogen-bond donors (Lipinski definition) is 2. The van der Waals surface area contributed by atoms with Gasteiger partial charge in [-0.1, -0.05) is 0 Å². The van der Waals surface area contributed by atoms with Crippen molar-refractivity contribution in [2.75, 3.05) is 18.4 Å². The predicted molar refractivity (Wildman–Crippen MR) is 110 cm³/mol. The maximum atomic E-state index is 12.3. The van der Waals surface area contributed by atoms with Crippen LogP contribution in [0.5, 0.6) is 0 Å². The summed E-state index contributed by atoms with van der Waals surface area (Å²) in [5, 5.41) is 10.4. The Bertz CT molecular complexity index is 1080. The number of nitrogens with zero attached hydrogens (tertiary/aromatic N) is 5. The molecule has 29 heavy (non-hydrogen) atoms. The van der Waals surface area contributed by atoms with Crippen molar-refractivity contribution in [3.63, 3.8) is 0 Å². The lowest BCUT2D eigenvalue weighted by Crippen LogP contribution is -2.28. The highest BCUT2D eigenvalue weighted by Gasteiger charge is 2.06. The second-order valence-corrected chi connectivity index (χ2v) is 6.48. The smallest absolute Gasteiger partial charge is 0.251 e. The van der Waals surface area contributed by atoms with E-state index >= 15 is 0 Å². The third kappa shape index (κ3) is 4.49. The Balaban J connectivity index is 1.28. The Morgan fingerprint density at radius 2 is 1.79 bits per heavy atom. The molecule has 0 saturated heterocycles. The van der Waals surface area contributed by atoms with Gasteiger partial charge in [0.15, 0.2) is 5.82 Å². The van der Waals surface area contributed by atoms with E-state index in [-0.39, 0.29) is 5.91 Å². The number of anilines is 1. The van der Waals surface area contributed by atoms with E-state index in [0.717, 1.165) is 11.4 Å². The fourth-order valence-electron chi connectivity index (χ4n) is 2.87. The number of nitrogens with one attached hydrogen (secondary N) is 2. The van der Waals surface area contributed by atoms with Crippen LogP contribution >= 0.6 is 0 Å². The second-order valence-electron chi connectivity index (χ2n) is 6.48. The Morgan fingerprint density at radius 3 is 2.52 bits per heavy atom. The lowest BCUT2D eigenvalue weighted by atomic mass is 10.2. The summed E-state index contributed by atoms with van der Waals surface area (Å²) in [4.78, 5) is 20.7. The zero-order chi connectivity index (χ0) is 20.1. The number of benzene rings is 1. The van der Waals surface area contributed by atoms with Crippen LogP contribution in [0.1, 0.15) is 16.1 Å². The van der Waals surface area contributed by atoms with Gasteiger partial charge in [-0.2, -0.15) is 5.10 Å². The lowest BCUT2D eigenvalue weighted by Gasteiger charge is -2.09. The van der Waals surface area contributed by atoms with E-state index in [1.54, 1.807) is 4.68 Å². The number of hydrogen-bond acceptors (Lipinski definition) is 5. The number of rotatable bonds is 7.